The average Bonchev–Trinajstić information content (AvgIpc) is 2.86. The highest BCUT2D eigenvalue weighted by Crippen LogP contribution is 2.25. The molecule has 1 N–H and O–H groups in total. The van der Waals surface area contributed by atoms with E-state index >= 15 is 0 Å². The zero-order chi connectivity index (χ0) is 13.2. The first kappa shape index (κ1) is 19.0. The quantitative estimate of drug-likeness (QED) is 0.812. The van der Waals surface area contributed by atoms with Gasteiger partial charge in [0.2, 0.25) is 5.91 Å². The Kier molecular flexibility index (Phi) is 7.71. The number of carbonyl (C=O) groups is 1. The van der Waals surface area contributed by atoms with Crippen molar-refractivity contribution in [1.82, 2.24) is 15.1 Å². The van der Waals surface area contributed by atoms with Crippen molar-refractivity contribution in [2.24, 2.45) is 0 Å². The van der Waals surface area contributed by atoms with Crippen molar-refractivity contribution < 1.29 is 9.53 Å². The highest BCUT2D eigenvalue weighted by atomic mass is 35.5. The molecule has 0 saturated carbocycles. The maximum Gasteiger partial charge on any atom is 0.224 e. The van der Waals surface area contributed by atoms with Crippen LogP contribution in [0.4, 0.5) is 0 Å². The molecular weight excluding hydrogens is 313 g/mol. The molecule has 21 heavy (non-hydrogen) atoms. The fourth-order valence-corrected chi connectivity index (χ4v) is 3.61. The van der Waals surface area contributed by atoms with E-state index in [-0.39, 0.29) is 30.9 Å². The van der Waals surface area contributed by atoms with Gasteiger partial charge in [-0.2, -0.15) is 0 Å². The van der Waals surface area contributed by atoms with E-state index in [1.807, 2.05) is 0 Å². The van der Waals surface area contributed by atoms with Gasteiger partial charge in [-0.05, 0) is 26.3 Å². The molecule has 3 rings (SSSR count). The molecule has 0 aromatic rings. The minimum atomic E-state index is 0. The molecule has 7 heteroatoms. The van der Waals surface area contributed by atoms with Crippen molar-refractivity contribution >= 4 is 30.7 Å². The first-order chi connectivity index (χ1) is 9.24. The molecule has 1 amide bonds. The number of amides is 1. The molecule has 0 aromatic carbocycles. The third kappa shape index (κ3) is 4.45. The van der Waals surface area contributed by atoms with Crippen LogP contribution in [0.5, 0.6) is 0 Å². The van der Waals surface area contributed by atoms with Crippen molar-refractivity contribution in [3.63, 3.8) is 0 Å². The summed E-state index contributed by atoms with van der Waals surface area (Å²) in [4.78, 5) is 17.1. The number of morpholine rings is 1. The fraction of sp³-hybridized carbons (Fsp3) is 0.929. The molecule has 0 radical (unpaired) electrons. The van der Waals surface area contributed by atoms with Gasteiger partial charge in [0, 0.05) is 44.2 Å². The highest BCUT2D eigenvalue weighted by Gasteiger charge is 2.36. The Morgan fingerprint density at radius 3 is 2.86 bits per heavy atom. The van der Waals surface area contributed by atoms with Crippen LogP contribution >= 0.6 is 24.8 Å². The van der Waals surface area contributed by atoms with Crippen LogP contribution < -0.4 is 5.32 Å². The summed E-state index contributed by atoms with van der Waals surface area (Å²) in [6.07, 6.45) is 3.12. The summed E-state index contributed by atoms with van der Waals surface area (Å²) in [5.41, 5.74) is 0. The second-order valence-electron chi connectivity index (χ2n) is 6.12. The Hall–Kier alpha value is -0.0700. The van der Waals surface area contributed by atoms with Gasteiger partial charge in [-0.1, -0.05) is 0 Å². The Morgan fingerprint density at radius 2 is 2.14 bits per heavy atom. The first-order valence-corrected chi connectivity index (χ1v) is 7.58. The third-order valence-electron chi connectivity index (χ3n) is 4.68. The smallest absolute Gasteiger partial charge is 0.224 e. The Morgan fingerprint density at radius 1 is 1.33 bits per heavy atom. The minimum absolute atomic E-state index is 0. The van der Waals surface area contributed by atoms with Crippen molar-refractivity contribution in [2.75, 3.05) is 39.4 Å². The Labute approximate surface area is 139 Å². The number of fused-ring (bicyclic) bond motifs is 1. The highest BCUT2D eigenvalue weighted by molar-refractivity contribution is 5.85. The zero-order valence-corrected chi connectivity index (χ0v) is 14.3. The van der Waals surface area contributed by atoms with Gasteiger partial charge in [-0.15, -0.1) is 24.8 Å². The molecule has 3 aliphatic rings. The second kappa shape index (κ2) is 8.53. The number of halogens is 2. The van der Waals surface area contributed by atoms with Crippen molar-refractivity contribution in [3.05, 3.63) is 0 Å². The molecule has 5 nitrogen and oxygen atoms in total. The lowest BCUT2D eigenvalue weighted by Gasteiger charge is -2.43. The van der Waals surface area contributed by atoms with E-state index in [4.69, 9.17) is 4.74 Å². The topological polar surface area (TPSA) is 44.8 Å². The summed E-state index contributed by atoms with van der Waals surface area (Å²) in [5.74, 6) is 0.294. The predicted molar refractivity (Wildman–Crippen MR) is 87.5 cm³/mol. The maximum absolute atomic E-state index is 12.5. The lowest BCUT2D eigenvalue weighted by molar-refractivity contribution is -0.138. The number of hydrogen-bond donors (Lipinski definition) is 1. The van der Waals surface area contributed by atoms with Crippen LogP contribution in [0.25, 0.3) is 0 Å². The summed E-state index contributed by atoms with van der Waals surface area (Å²) >= 11 is 0. The fourth-order valence-electron chi connectivity index (χ4n) is 3.61. The molecule has 3 atom stereocenters. The second-order valence-corrected chi connectivity index (χ2v) is 6.12. The average molecular weight is 340 g/mol. The van der Waals surface area contributed by atoms with Crippen molar-refractivity contribution in [2.45, 2.75) is 44.3 Å². The summed E-state index contributed by atoms with van der Waals surface area (Å²) in [6.45, 7) is 7.67. The van der Waals surface area contributed by atoms with Gasteiger partial charge >= 0.3 is 0 Å². The number of piperazine rings is 1. The van der Waals surface area contributed by atoms with Crippen LogP contribution in [0.2, 0.25) is 0 Å². The van der Waals surface area contributed by atoms with Crippen LogP contribution in [-0.4, -0.2) is 73.2 Å². The van der Waals surface area contributed by atoms with Crippen molar-refractivity contribution in [3.8, 4) is 0 Å². The van der Waals surface area contributed by atoms with Crippen LogP contribution in [0.1, 0.15) is 26.2 Å². The van der Waals surface area contributed by atoms with Crippen molar-refractivity contribution in [1.29, 1.82) is 0 Å². The molecule has 0 bridgehead atoms. The largest absolute Gasteiger partial charge is 0.378 e. The van der Waals surface area contributed by atoms with Gasteiger partial charge < -0.3 is 15.0 Å². The molecule has 3 saturated heterocycles. The maximum atomic E-state index is 12.5. The van der Waals surface area contributed by atoms with E-state index < -0.39 is 0 Å². The number of hydrogen-bond acceptors (Lipinski definition) is 4. The van der Waals surface area contributed by atoms with Crippen LogP contribution in [-0.2, 0) is 9.53 Å². The minimum Gasteiger partial charge on any atom is -0.378 e. The van der Waals surface area contributed by atoms with E-state index in [9.17, 15) is 4.79 Å². The van der Waals surface area contributed by atoms with E-state index in [0.29, 0.717) is 31.0 Å². The SMILES string of the molecule is CC1CN2CCCC2CN1C(=O)CC1COCCN1.Cl.Cl. The molecule has 3 heterocycles. The van der Waals surface area contributed by atoms with Crippen LogP contribution in [0, 0.1) is 0 Å². The molecular formula is C14H27Cl2N3O2. The monoisotopic (exact) mass is 339 g/mol. The number of ether oxygens (including phenoxy) is 1. The van der Waals surface area contributed by atoms with Gasteiger partial charge in [-0.3, -0.25) is 9.69 Å². The molecule has 3 unspecified atom stereocenters. The molecule has 0 aromatic heterocycles. The van der Waals surface area contributed by atoms with Gasteiger partial charge in [-0.25, -0.2) is 0 Å². The zero-order valence-electron chi connectivity index (χ0n) is 12.6. The van der Waals surface area contributed by atoms with E-state index in [1.54, 1.807) is 0 Å². The van der Waals surface area contributed by atoms with E-state index in [1.165, 1.54) is 19.4 Å². The Bertz CT molecular complexity index is 340. The summed E-state index contributed by atoms with van der Waals surface area (Å²) in [7, 11) is 0. The Balaban J connectivity index is 0.00000110. The van der Waals surface area contributed by atoms with Crippen LogP contribution in [0.3, 0.4) is 0 Å². The number of nitrogens with one attached hydrogen (secondary N) is 1. The van der Waals surface area contributed by atoms with Crippen LogP contribution in [0.15, 0.2) is 0 Å². The van der Waals surface area contributed by atoms with Gasteiger partial charge in [0.1, 0.15) is 0 Å². The normalized spacial score (nSPS) is 32.8. The molecule has 3 aliphatic heterocycles. The lowest BCUT2D eigenvalue weighted by Crippen LogP contribution is -2.57. The molecule has 0 aliphatic carbocycles. The van der Waals surface area contributed by atoms with E-state index in [2.05, 4.69) is 22.0 Å². The van der Waals surface area contributed by atoms with Gasteiger partial charge in [0.05, 0.1) is 13.2 Å². The third-order valence-corrected chi connectivity index (χ3v) is 4.68. The summed E-state index contributed by atoms with van der Waals surface area (Å²) in [5, 5.41) is 3.37. The molecule has 3 fully saturated rings. The number of nitrogens with zero attached hydrogens (tertiary/aromatic N) is 2. The summed E-state index contributed by atoms with van der Waals surface area (Å²) < 4.78 is 5.43. The van der Waals surface area contributed by atoms with Gasteiger partial charge in [0.25, 0.3) is 0 Å². The molecule has 0 spiro atoms. The van der Waals surface area contributed by atoms with Gasteiger partial charge in [0.15, 0.2) is 0 Å². The number of carbonyl (C=O) groups excluding carboxylic acids is 1. The standard InChI is InChI=1S/C14H25N3O2.2ClH/c1-11-8-16-5-2-3-13(16)9-17(11)14(18)7-12-10-19-6-4-15-12;;/h11-13,15H,2-10H2,1H3;2*1H. The lowest BCUT2D eigenvalue weighted by atomic mass is 10.1. The first-order valence-electron chi connectivity index (χ1n) is 7.58. The predicted octanol–water partition coefficient (Wildman–Crippen LogP) is 0.904. The number of rotatable bonds is 2. The van der Waals surface area contributed by atoms with E-state index in [0.717, 1.165) is 26.2 Å². The summed E-state index contributed by atoms with van der Waals surface area (Å²) in [6, 6.07) is 1.16. The molecule has 124 valence electrons.